The molecule has 0 fully saturated rings. The van der Waals surface area contributed by atoms with E-state index in [1.807, 2.05) is 36.5 Å². The minimum atomic E-state index is 0.595. The molecular weight excluding hydrogens is 647 g/mol. The number of nitrogens with zero attached hydrogens (tertiary/aromatic N) is 5. The molecule has 4 aromatic heterocycles. The summed E-state index contributed by atoms with van der Waals surface area (Å²) >= 11 is 1.79. The fourth-order valence-corrected chi connectivity index (χ4v) is 8.74. The van der Waals surface area contributed by atoms with Crippen LogP contribution in [0.4, 0.5) is 5.82 Å². The van der Waals surface area contributed by atoms with Gasteiger partial charge in [-0.2, -0.15) is 0 Å². The maximum atomic E-state index is 6.77. The van der Waals surface area contributed by atoms with Gasteiger partial charge in [0.25, 0.3) is 0 Å². The first kappa shape index (κ1) is 28.4. The Labute approximate surface area is 296 Å². The Bertz CT molecular complexity index is 3040. The number of benzene rings is 6. The van der Waals surface area contributed by atoms with E-state index in [1.54, 1.807) is 11.3 Å². The quantitative estimate of drug-likeness (QED) is 0.186. The number of hydrogen-bond donors (Lipinski definition) is 0. The van der Waals surface area contributed by atoms with Gasteiger partial charge in [-0.15, -0.1) is 11.3 Å². The zero-order valence-corrected chi connectivity index (χ0v) is 28.1. The summed E-state index contributed by atoms with van der Waals surface area (Å²) in [4.78, 5) is 20.0. The molecule has 11 rings (SSSR count). The van der Waals surface area contributed by atoms with E-state index in [1.165, 1.54) is 31.1 Å². The smallest absolute Gasteiger partial charge is 0.164 e. The zero-order valence-electron chi connectivity index (χ0n) is 27.2. The molecule has 6 nitrogen and oxygen atoms in total. The molecule has 10 aromatic rings. The standard InChI is InChI=1S/C44H27N5OS/c1-2-10-26(11-3-1)41-46-42(48-43(47-41)28-20-22-32-31-13-5-7-18-38(31)51-39(32)25-28)27-19-21-30-33-14-8-17-36(40(33)50-37(30)24-27)49-35-16-6-4-12-29(35)34-15-9-23-45-44(34)49/h1-8,10-14,16-25H,9,15H2. The first-order valence-corrected chi connectivity index (χ1v) is 17.9. The highest BCUT2D eigenvalue weighted by atomic mass is 32.1. The highest BCUT2D eigenvalue weighted by Crippen LogP contribution is 2.42. The predicted octanol–water partition coefficient (Wildman–Crippen LogP) is 11.7. The number of thiophene rings is 1. The van der Waals surface area contributed by atoms with Crippen molar-refractivity contribution in [2.45, 2.75) is 12.8 Å². The summed E-state index contributed by atoms with van der Waals surface area (Å²) in [5, 5.41) is 5.85. The number of hydrogen-bond acceptors (Lipinski definition) is 6. The molecule has 0 radical (unpaired) electrons. The van der Waals surface area contributed by atoms with Gasteiger partial charge in [0, 0.05) is 64.8 Å². The Balaban J connectivity index is 1.08. The number of rotatable bonds is 4. The first-order chi connectivity index (χ1) is 25.3. The molecule has 0 saturated carbocycles. The predicted molar refractivity (Wildman–Crippen MR) is 210 cm³/mol. The van der Waals surface area contributed by atoms with Crippen molar-refractivity contribution in [3.05, 3.63) is 139 Å². The molecule has 0 aliphatic carbocycles. The van der Waals surface area contributed by atoms with E-state index in [-0.39, 0.29) is 0 Å². The lowest BCUT2D eigenvalue weighted by Crippen LogP contribution is -2.00. The summed E-state index contributed by atoms with van der Waals surface area (Å²) < 4.78 is 11.5. The number of aryl methyl sites for hydroxylation is 1. The molecule has 1 aliphatic heterocycles. The van der Waals surface area contributed by atoms with Gasteiger partial charge in [-0.1, -0.05) is 97.1 Å². The number of fused-ring (bicyclic) bond motifs is 9. The topological polar surface area (TPSA) is 69.1 Å². The molecule has 0 amide bonds. The minimum absolute atomic E-state index is 0.595. The normalized spacial score (nSPS) is 12.9. The summed E-state index contributed by atoms with van der Waals surface area (Å²) in [7, 11) is 0. The molecular formula is C44H27N5OS. The lowest BCUT2D eigenvalue weighted by Gasteiger charge is -2.11. The fourth-order valence-electron chi connectivity index (χ4n) is 7.59. The molecule has 240 valence electrons. The fraction of sp³-hybridized carbons (Fsp3) is 0.0455. The van der Waals surface area contributed by atoms with Crippen molar-refractivity contribution >= 4 is 76.4 Å². The van der Waals surface area contributed by atoms with Crippen LogP contribution >= 0.6 is 11.3 Å². The van der Waals surface area contributed by atoms with Crippen LogP contribution < -0.4 is 0 Å². The second-order valence-electron chi connectivity index (χ2n) is 13.0. The number of furan rings is 1. The third-order valence-corrected chi connectivity index (χ3v) is 11.1. The van der Waals surface area contributed by atoms with Gasteiger partial charge in [0.1, 0.15) is 11.4 Å². The molecule has 0 saturated heterocycles. The number of aliphatic imine (C=N–C) groups is 1. The molecule has 0 bridgehead atoms. The first-order valence-electron chi connectivity index (χ1n) is 17.1. The molecule has 0 unspecified atom stereocenters. The van der Waals surface area contributed by atoms with Crippen molar-refractivity contribution < 1.29 is 4.42 Å². The molecule has 0 spiro atoms. The SMILES string of the molecule is C1=Nc2c(c3ccccc3n2-c2cccc3c2oc2cc(-c4nc(-c5ccccc5)nc(-c5ccc6c(c5)sc5ccccc56)n4)ccc23)CC1. The second-order valence-corrected chi connectivity index (χ2v) is 14.0. The van der Waals surface area contributed by atoms with Gasteiger partial charge in [0.15, 0.2) is 23.1 Å². The second kappa shape index (κ2) is 11.0. The molecule has 51 heavy (non-hydrogen) atoms. The summed E-state index contributed by atoms with van der Waals surface area (Å²) in [6.45, 7) is 0. The summed E-state index contributed by atoms with van der Waals surface area (Å²) in [6, 6.07) is 46.3. The van der Waals surface area contributed by atoms with Gasteiger partial charge in [0.05, 0.1) is 11.2 Å². The highest BCUT2D eigenvalue weighted by molar-refractivity contribution is 7.25. The third kappa shape index (κ3) is 4.41. The van der Waals surface area contributed by atoms with Crippen LogP contribution in [0.5, 0.6) is 0 Å². The van der Waals surface area contributed by atoms with Crippen LogP contribution in [0.1, 0.15) is 12.0 Å². The van der Waals surface area contributed by atoms with Crippen molar-refractivity contribution in [3.8, 4) is 39.9 Å². The van der Waals surface area contributed by atoms with Crippen LogP contribution in [0, 0.1) is 0 Å². The average Bonchev–Trinajstić information content (AvgIpc) is 3.87. The Hall–Kier alpha value is -6.44. The molecule has 0 atom stereocenters. The van der Waals surface area contributed by atoms with Crippen molar-refractivity contribution in [2.75, 3.05) is 0 Å². The van der Waals surface area contributed by atoms with E-state index >= 15 is 0 Å². The van der Waals surface area contributed by atoms with E-state index in [4.69, 9.17) is 24.4 Å². The van der Waals surface area contributed by atoms with Gasteiger partial charge < -0.3 is 4.42 Å². The van der Waals surface area contributed by atoms with Crippen molar-refractivity contribution in [2.24, 2.45) is 4.99 Å². The van der Waals surface area contributed by atoms with Crippen molar-refractivity contribution in [1.29, 1.82) is 0 Å². The molecule has 6 aromatic carbocycles. The molecule has 1 aliphatic rings. The van der Waals surface area contributed by atoms with Gasteiger partial charge in [-0.25, -0.2) is 19.9 Å². The maximum Gasteiger partial charge on any atom is 0.164 e. The maximum absolute atomic E-state index is 6.77. The van der Waals surface area contributed by atoms with Gasteiger partial charge >= 0.3 is 0 Å². The third-order valence-electron chi connectivity index (χ3n) is 9.97. The van der Waals surface area contributed by atoms with E-state index in [2.05, 4.69) is 108 Å². The molecule has 5 heterocycles. The number of aromatic nitrogens is 4. The Kier molecular flexibility index (Phi) is 6.15. The van der Waals surface area contributed by atoms with E-state index in [0.717, 1.165) is 68.5 Å². The Morgan fingerprint density at radius 3 is 2.10 bits per heavy atom. The largest absolute Gasteiger partial charge is 0.454 e. The monoisotopic (exact) mass is 673 g/mol. The van der Waals surface area contributed by atoms with Crippen LogP contribution in [0.15, 0.2) is 143 Å². The average molecular weight is 674 g/mol. The minimum Gasteiger partial charge on any atom is -0.454 e. The van der Waals surface area contributed by atoms with Gasteiger partial charge in [-0.05, 0) is 49.2 Å². The lowest BCUT2D eigenvalue weighted by molar-refractivity contribution is 0.666. The lowest BCUT2D eigenvalue weighted by atomic mass is 10.1. The highest BCUT2D eigenvalue weighted by Gasteiger charge is 2.23. The van der Waals surface area contributed by atoms with Crippen LogP contribution in [-0.2, 0) is 6.42 Å². The van der Waals surface area contributed by atoms with Crippen LogP contribution in [0.25, 0.3) is 92.9 Å². The van der Waals surface area contributed by atoms with Crippen molar-refractivity contribution in [3.63, 3.8) is 0 Å². The van der Waals surface area contributed by atoms with Gasteiger partial charge in [0.2, 0.25) is 0 Å². The zero-order chi connectivity index (χ0) is 33.5. The summed E-state index contributed by atoms with van der Waals surface area (Å²) in [5.74, 6) is 2.84. The van der Waals surface area contributed by atoms with Crippen LogP contribution in [0.3, 0.4) is 0 Å². The van der Waals surface area contributed by atoms with E-state index < -0.39 is 0 Å². The Morgan fingerprint density at radius 1 is 0.549 bits per heavy atom. The van der Waals surface area contributed by atoms with E-state index in [0.29, 0.717) is 17.5 Å². The van der Waals surface area contributed by atoms with Crippen molar-refractivity contribution in [1.82, 2.24) is 19.5 Å². The number of para-hydroxylation sites is 2. The summed E-state index contributed by atoms with van der Waals surface area (Å²) in [6.07, 6.45) is 3.95. The Morgan fingerprint density at radius 2 is 1.24 bits per heavy atom. The van der Waals surface area contributed by atoms with E-state index in [9.17, 15) is 0 Å². The van der Waals surface area contributed by atoms with Gasteiger partial charge in [-0.3, -0.25) is 4.57 Å². The molecule has 7 heteroatoms. The summed E-state index contributed by atoms with van der Waals surface area (Å²) in [5.41, 5.74) is 7.75. The van der Waals surface area contributed by atoms with Crippen LogP contribution in [-0.4, -0.2) is 25.7 Å². The molecule has 0 N–H and O–H groups in total. The van der Waals surface area contributed by atoms with Crippen LogP contribution in [0.2, 0.25) is 0 Å².